The van der Waals surface area contributed by atoms with Crippen LogP contribution in [-0.2, 0) is 4.79 Å². The van der Waals surface area contributed by atoms with Crippen LogP contribution in [0.2, 0.25) is 10.0 Å². The fraction of sp³-hybridized carbons (Fsp3) is 0.263. The molecule has 3 aromatic rings. The summed E-state index contributed by atoms with van der Waals surface area (Å²) in [5.74, 6) is 0.0736. The molecule has 150 valence electrons. The Kier molecular flexibility index (Phi) is 5.76. The fourth-order valence-corrected chi connectivity index (χ4v) is 4.13. The molecule has 2 aromatic heterocycles. The lowest BCUT2D eigenvalue weighted by Crippen LogP contribution is -2.23. The molecule has 1 aromatic carbocycles. The molecule has 1 aliphatic carbocycles. The molecule has 0 bridgehead atoms. The molecule has 2 heterocycles. The van der Waals surface area contributed by atoms with Gasteiger partial charge in [0.1, 0.15) is 5.82 Å². The van der Waals surface area contributed by atoms with Gasteiger partial charge in [-0.2, -0.15) is 0 Å². The number of thioether (sulfide) groups is 1. The number of pyridine rings is 1. The maximum atomic E-state index is 14.3. The van der Waals surface area contributed by atoms with Gasteiger partial charge < -0.3 is 5.32 Å². The van der Waals surface area contributed by atoms with Crippen molar-refractivity contribution >= 4 is 46.7 Å². The van der Waals surface area contributed by atoms with Crippen molar-refractivity contribution in [3.05, 3.63) is 52.4 Å². The number of nitrogens with one attached hydrogen (secondary N) is 1. The summed E-state index contributed by atoms with van der Waals surface area (Å²) in [7, 11) is 0. The van der Waals surface area contributed by atoms with Gasteiger partial charge in [0.2, 0.25) is 5.91 Å². The summed E-state index contributed by atoms with van der Waals surface area (Å²) in [6.45, 7) is 1.75. The highest BCUT2D eigenvalue weighted by molar-refractivity contribution is 8.00. The number of rotatable bonds is 6. The number of carbonyl (C=O) groups excluding carboxylic acids is 1. The van der Waals surface area contributed by atoms with Crippen molar-refractivity contribution in [3.63, 3.8) is 0 Å². The maximum Gasteiger partial charge on any atom is 0.238 e. The van der Waals surface area contributed by atoms with E-state index in [-0.39, 0.29) is 28.6 Å². The lowest BCUT2D eigenvalue weighted by molar-refractivity contribution is -0.115. The van der Waals surface area contributed by atoms with Gasteiger partial charge in [0.05, 0.1) is 20.9 Å². The van der Waals surface area contributed by atoms with Crippen LogP contribution in [0.25, 0.3) is 11.4 Å². The number of amides is 1. The van der Waals surface area contributed by atoms with E-state index in [1.54, 1.807) is 25.1 Å². The Morgan fingerprint density at radius 3 is 2.76 bits per heavy atom. The van der Waals surface area contributed by atoms with E-state index in [4.69, 9.17) is 23.2 Å². The molecule has 10 heteroatoms. The van der Waals surface area contributed by atoms with Crippen LogP contribution >= 0.6 is 35.0 Å². The summed E-state index contributed by atoms with van der Waals surface area (Å²) in [6.07, 6.45) is 3.35. The van der Waals surface area contributed by atoms with Crippen LogP contribution in [0.5, 0.6) is 0 Å². The van der Waals surface area contributed by atoms with Crippen LogP contribution in [0.15, 0.2) is 41.7 Å². The molecule has 1 amide bonds. The standard InChI is InChI=1S/C19H16Cl2FN5OS/c1-10(18(28)24-16-14(21)8-11(20)9-23-16)29-19-26-25-17(27(19)12-6-7-12)13-4-2-3-5-15(13)22/h2-5,8-10,12H,6-7H2,1H3,(H,23,24,28)/t10-/m0/s1. The topological polar surface area (TPSA) is 72.7 Å². The minimum atomic E-state index is -0.501. The zero-order valence-electron chi connectivity index (χ0n) is 15.3. The van der Waals surface area contributed by atoms with E-state index in [9.17, 15) is 9.18 Å². The number of hydrogen-bond donors (Lipinski definition) is 1. The van der Waals surface area contributed by atoms with Crippen LogP contribution in [-0.4, -0.2) is 30.9 Å². The number of halogens is 3. The average Bonchev–Trinajstić information content (AvgIpc) is 3.45. The van der Waals surface area contributed by atoms with Crippen molar-refractivity contribution in [2.24, 2.45) is 0 Å². The Morgan fingerprint density at radius 1 is 1.31 bits per heavy atom. The summed E-state index contributed by atoms with van der Waals surface area (Å²) in [5.41, 5.74) is 0.396. The molecule has 1 N–H and O–H groups in total. The first kappa shape index (κ1) is 20.1. The van der Waals surface area contributed by atoms with Crippen LogP contribution in [0.4, 0.5) is 10.2 Å². The third-order valence-electron chi connectivity index (χ3n) is 4.39. The Hall–Kier alpha value is -2.16. The number of carbonyl (C=O) groups is 1. The minimum Gasteiger partial charge on any atom is -0.308 e. The lowest BCUT2D eigenvalue weighted by atomic mass is 10.2. The van der Waals surface area contributed by atoms with Gasteiger partial charge in [0.25, 0.3) is 0 Å². The molecule has 1 saturated carbocycles. The van der Waals surface area contributed by atoms with Gasteiger partial charge in [-0.15, -0.1) is 10.2 Å². The molecular weight excluding hydrogens is 436 g/mol. The Balaban J connectivity index is 1.55. The van der Waals surface area contributed by atoms with Gasteiger partial charge in [-0.3, -0.25) is 9.36 Å². The van der Waals surface area contributed by atoms with Crippen LogP contribution in [0.3, 0.4) is 0 Å². The van der Waals surface area contributed by atoms with E-state index in [2.05, 4.69) is 20.5 Å². The van der Waals surface area contributed by atoms with Gasteiger partial charge in [0.15, 0.2) is 16.8 Å². The highest BCUT2D eigenvalue weighted by Crippen LogP contribution is 2.42. The predicted molar refractivity (Wildman–Crippen MR) is 112 cm³/mol. The molecule has 29 heavy (non-hydrogen) atoms. The molecule has 0 spiro atoms. The molecule has 0 aliphatic heterocycles. The van der Waals surface area contributed by atoms with E-state index in [0.717, 1.165) is 12.8 Å². The normalized spacial score (nSPS) is 14.6. The summed E-state index contributed by atoms with van der Waals surface area (Å²) in [4.78, 5) is 16.6. The van der Waals surface area contributed by atoms with Crippen LogP contribution in [0.1, 0.15) is 25.8 Å². The van der Waals surface area contributed by atoms with E-state index in [1.807, 2.05) is 4.57 Å². The van der Waals surface area contributed by atoms with Crippen LogP contribution < -0.4 is 5.32 Å². The highest BCUT2D eigenvalue weighted by Gasteiger charge is 2.32. The number of hydrogen-bond acceptors (Lipinski definition) is 5. The molecule has 1 atom stereocenters. The van der Waals surface area contributed by atoms with E-state index in [0.29, 0.717) is 21.6 Å². The first-order valence-corrected chi connectivity index (χ1v) is 10.6. The lowest BCUT2D eigenvalue weighted by Gasteiger charge is -2.14. The predicted octanol–water partition coefficient (Wildman–Crippen LogP) is 5.24. The quantitative estimate of drug-likeness (QED) is 0.518. The Bertz CT molecular complexity index is 1070. The third-order valence-corrected chi connectivity index (χ3v) is 5.94. The van der Waals surface area contributed by atoms with Crippen LogP contribution in [0, 0.1) is 5.82 Å². The van der Waals surface area contributed by atoms with Gasteiger partial charge in [-0.1, -0.05) is 47.1 Å². The van der Waals surface area contributed by atoms with Gasteiger partial charge in [-0.25, -0.2) is 9.37 Å². The van der Waals surface area contributed by atoms with E-state index >= 15 is 0 Å². The molecule has 0 saturated heterocycles. The maximum absolute atomic E-state index is 14.3. The second-order valence-corrected chi connectivity index (χ2v) is 8.77. The Labute approximate surface area is 180 Å². The smallest absolute Gasteiger partial charge is 0.238 e. The Morgan fingerprint density at radius 2 is 2.07 bits per heavy atom. The molecule has 0 unspecified atom stereocenters. The molecule has 4 rings (SSSR count). The van der Waals surface area contributed by atoms with E-state index < -0.39 is 5.25 Å². The molecule has 1 fully saturated rings. The summed E-state index contributed by atoms with van der Waals surface area (Å²) in [6, 6.07) is 8.19. The largest absolute Gasteiger partial charge is 0.308 e. The second kappa shape index (κ2) is 8.30. The zero-order chi connectivity index (χ0) is 20.5. The summed E-state index contributed by atoms with van der Waals surface area (Å²) in [5, 5.41) is 11.8. The monoisotopic (exact) mass is 451 g/mol. The number of nitrogens with zero attached hydrogens (tertiary/aromatic N) is 4. The SMILES string of the molecule is C[C@H](Sc1nnc(-c2ccccc2F)n1C1CC1)C(=O)Nc1ncc(Cl)cc1Cl. The van der Waals surface area contributed by atoms with Crippen molar-refractivity contribution in [1.29, 1.82) is 0 Å². The van der Waals surface area contributed by atoms with Gasteiger partial charge >= 0.3 is 0 Å². The zero-order valence-corrected chi connectivity index (χ0v) is 17.6. The van der Waals surface area contributed by atoms with Gasteiger partial charge in [-0.05, 0) is 38.0 Å². The van der Waals surface area contributed by atoms with Crippen molar-refractivity contribution < 1.29 is 9.18 Å². The highest BCUT2D eigenvalue weighted by atomic mass is 35.5. The van der Waals surface area contributed by atoms with Gasteiger partial charge in [0, 0.05) is 12.2 Å². The van der Waals surface area contributed by atoms with Crippen molar-refractivity contribution in [1.82, 2.24) is 19.7 Å². The molecule has 6 nitrogen and oxygen atoms in total. The van der Waals surface area contributed by atoms with E-state index in [1.165, 1.54) is 30.1 Å². The molecule has 1 aliphatic rings. The number of benzene rings is 1. The first-order chi connectivity index (χ1) is 13.9. The summed E-state index contributed by atoms with van der Waals surface area (Å²) < 4.78 is 16.2. The van der Waals surface area contributed by atoms with Crippen molar-refractivity contribution in [2.45, 2.75) is 36.2 Å². The van der Waals surface area contributed by atoms with Crippen molar-refractivity contribution in [2.75, 3.05) is 5.32 Å². The molecular formula is C19H16Cl2FN5OS. The third kappa shape index (κ3) is 4.39. The first-order valence-electron chi connectivity index (χ1n) is 8.92. The molecule has 0 radical (unpaired) electrons. The van der Waals surface area contributed by atoms with Crippen molar-refractivity contribution in [3.8, 4) is 11.4 Å². The summed E-state index contributed by atoms with van der Waals surface area (Å²) >= 11 is 13.2. The number of aromatic nitrogens is 4. The minimum absolute atomic E-state index is 0.213. The fourth-order valence-electron chi connectivity index (χ4n) is 2.78. The number of anilines is 1. The average molecular weight is 452 g/mol. The second-order valence-electron chi connectivity index (χ2n) is 6.62.